The maximum Gasteiger partial charge on any atom is 0.253 e. The summed E-state index contributed by atoms with van der Waals surface area (Å²) >= 11 is 0. The Hall–Kier alpha value is -3.42. The first-order valence-corrected chi connectivity index (χ1v) is 10.7. The Labute approximate surface area is 181 Å². The maximum absolute atomic E-state index is 12.7. The summed E-state index contributed by atoms with van der Waals surface area (Å²) in [5, 5.41) is 6.56. The molecule has 4 rings (SSSR count). The highest BCUT2D eigenvalue weighted by Gasteiger charge is 2.28. The van der Waals surface area contributed by atoms with E-state index in [1.807, 2.05) is 42.2 Å². The number of rotatable bonds is 6. The highest BCUT2D eigenvalue weighted by Crippen LogP contribution is 2.25. The molecule has 31 heavy (non-hydrogen) atoms. The monoisotopic (exact) mass is 420 g/mol. The van der Waals surface area contributed by atoms with Gasteiger partial charge in [-0.05, 0) is 50.8 Å². The topological polar surface area (TPSA) is 113 Å². The summed E-state index contributed by atoms with van der Waals surface area (Å²) in [6.07, 6.45) is 9.23. The number of carbonyl (C=O) groups is 2. The predicted molar refractivity (Wildman–Crippen MR) is 120 cm³/mol. The van der Waals surface area contributed by atoms with Crippen LogP contribution < -0.4 is 16.4 Å². The molecule has 1 fully saturated rings. The Balaban J connectivity index is 1.50. The summed E-state index contributed by atoms with van der Waals surface area (Å²) in [5.74, 6) is 0.542. The van der Waals surface area contributed by atoms with Gasteiger partial charge in [0.05, 0.1) is 5.92 Å². The lowest BCUT2D eigenvalue weighted by Gasteiger charge is -2.28. The first kappa shape index (κ1) is 20.8. The van der Waals surface area contributed by atoms with Crippen molar-refractivity contribution in [3.8, 4) is 0 Å². The number of carbonyl (C=O) groups excluding carboxylic acids is 2. The van der Waals surface area contributed by atoms with E-state index in [0.717, 1.165) is 37.2 Å². The lowest BCUT2D eigenvalue weighted by Crippen LogP contribution is -2.39. The van der Waals surface area contributed by atoms with Crippen molar-refractivity contribution in [2.24, 2.45) is 11.7 Å². The van der Waals surface area contributed by atoms with Crippen molar-refractivity contribution >= 4 is 29.3 Å². The quantitative estimate of drug-likeness (QED) is 0.619. The minimum Gasteiger partial charge on any atom is -0.369 e. The number of likely N-dealkylation sites (tertiary alicyclic amines) is 1. The Kier molecular flexibility index (Phi) is 6.16. The third-order valence-corrected chi connectivity index (χ3v) is 5.85. The number of nitrogens with two attached hydrogens (primary N) is 1. The summed E-state index contributed by atoms with van der Waals surface area (Å²) in [7, 11) is 0. The van der Waals surface area contributed by atoms with Crippen LogP contribution in [0.5, 0.6) is 0 Å². The van der Waals surface area contributed by atoms with Crippen molar-refractivity contribution in [3.63, 3.8) is 0 Å². The molecule has 162 valence electrons. The highest BCUT2D eigenvalue weighted by atomic mass is 16.2. The Bertz CT molecular complexity index is 999. The van der Waals surface area contributed by atoms with E-state index >= 15 is 0 Å². The van der Waals surface area contributed by atoms with Crippen LogP contribution in [0, 0.1) is 12.8 Å². The molecule has 8 nitrogen and oxygen atoms in total. The minimum absolute atomic E-state index is 0.0520. The second-order valence-electron chi connectivity index (χ2n) is 8.13. The van der Waals surface area contributed by atoms with Crippen LogP contribution in [0.4, 0.5) is 17.5 Å². The number of allylic oxidation sites excluding steroid dienone is 1. The standard InChI is InChI=1S/C23H28N6O2/c1-15-14-25-23(28-21(15)27-19-10-3-2-9-18(19)20(24)30)26-17-8-6-7-16(13-17)22(31)29-11-4-5-12-29/h2-3,6-8,13-14,18-19H,4-5,9-12H2,1H3,(H2,24,30)(H2,25,26,27,28)/t18-,19+/m0/s1. The van der Waals surface area contributed by atoms with Crippen LogP contribution in [0.2, 0.25) is 0 Å². The molecule has 0 saturated carbocycles. The van der Waals surface area contributed by atoms with Gasteiger partial charge in [-0.15, -0.1) is 0 Å². The average Bonchev–Trinajstić information content (AvgIpc) is 3.31. The van der Waals surface area contributed by atoms with Crippen LogP contribution >= 0.6 is 0 Å². The van der Waals surface area contributed by atoms with Gasteiger partial charge in [-0.2, -0.15) is 4.98 Å². The van der Waals surface area contributed by atoms with Crippen LogP contribution in [-0.4, -0.2) is 45.8 Å². The number of benzene rings is 1. The average molecular weight is 421 g/mol. The molecular weight excluding hydrogens is 392 g/mol. The fraction of sp³-hybridized carbons (Fsp3) is 0.391. The zero-order valence-corrected chi connectivity index (χ0v) is 17.7. The summed E-state index contributed by atoms with van der Waals surface area (Å²) in [4.78, 5) is 35.3. The molecule has 1 aromatic carbocycles. The molecule has 0 spiro atoms. The van der Waals surface area contributed by atoms with Gasteiger partial charge in [0.1, 0.15) is 5.82 Å². The normalized spacial score (nSPS) is 20.5. The van der Waals surface area contributed by atoms with E-state index in [2.05, 4.69) is 26.7 Å². The molecule has 1 aromatic heterocycles. The van der Waals surface area contributed by atoms with E-state index in [1.54, 1.807) is 6.20 Å². The first-order chi connectivity index (χ1) is 15.0. The number of nitrogens with zero attached hydrogens (tertiary/aromatic N) is 3. The molecule has 8 heteroatoms. The number of aryl methyl sites for hydroxylation is 1. The lowest BCUT2D eigenvalue weighted by molar-refractivity contribution is -0.122. The van der Waals surface area contributed by atoms with Gasteiger partial charge in [0.15, 0.2) is 0 Å². The molecule has 2 aromatic rings. The highest BCUT2D eigenvalue weighted by molar-refractivity contribution is 5.95. The van der Waals surface area contributed by atoms with Crippen molar-refractivity contribution in [1.29, 1.82) is 0 Å². The number of primary amides is 1. The second-order valence-corrected chi connectivity index (χ2v) is 8.13. The van der Waals surface area contributed by atoms with Gasteiger partial charge in [-0.3, -0.25) is 9.59 Å². The van der Waals surface area contributed by atoms with Gasteiger partial charge < -0.3 is 21.3 Å². The van der Waals surface area contributed by atoms with Crippen molar-refractivity contribution < 1.29 is 9.59 Å². The maximum atomic E-state index is 12.7. The summed E-state index contributed by atoms with van der Waals surface area (Å²) in [6.45, 7) is 3.55. The number of nitrogens with one attached hydrogen (secondary N) is 2. The molecular formula is C23H28N6O2. The van der Waals surface area contributed by atoms with Gasteiger partial charge in [-0.1, -0.05) is 18.2 Å². The molecule has 1 aliphatic carbocycles. The van der Waals surface area contributed by atoms with E-state index in [-0.39, 0.29) is 23.8 Å². The van der Waals surface area contributed by atoms with Gasteiger partial charge in [0.2, 0.25) is 11.9 Å². The predicted octanol–water partition coefficient (Wildman–Crippen LogP) is 3.00. The lowest BCUT2D eigenvalue weighted by atomic mass is 9.88. The van der Waals surface area contributed by atoms with E-state index in [4.69, 9.17) is 5.73 Å². The zero-order chi connectivity index (χ0) is 21.8. The van der Waals surface area contributed by atoms with Crippen molar-refractivity contribution in [3.05, 3.63) is 53.7 Å². The fourth-order valence-corrected chi connectivity index (χ4v) is 4.07. The second kappa shape index (κ2) is 9.16. The molecule has 4 N–H and O–H groups in total. The number of hydrogen-bond acceptors (Lipinski definition) is 6. The smallest absolute Gasteiger partial charge is 0.253 e. The van der Waals surface area contributed by atoms with Crippen LogP contribution in [0.25, 0.3) is 0 Å². The molecule has 0 radical (unpaired) electrons. The van der Waals surface area contributed by atoms with Crippen molar-refractivity contribution in [2.75, 3.05) is 23.7 Å². The summed E-state index contributed by atoms with van der Waals surface area (Å²) in [6, 6.07) is 7.28. The molecule has 2 aliphatic rings. The minimum atomic E-state index is -0.314. The summed E-state index contributed by atoms with van der Waals surface area (Å²) < 4.78 is 0. The molecule has 1 saturated heterocycles. The number of hydrogen-bond donors (Lipinski definition) is 3. The molecule has 0 bridgehead atoms. The van der Waals surface area contributed by atoms with Gasteiger partial charge in [0.25, 0.3) is 5.91 Å². The number of anilines is 3. The largest absolute Gasteiger partial charge is 0.369 e. The van der Waals surface area contributed by atoms with E-state index in [1.165, 1.54) is 0 Å². The molecule has 0 unspecified atom stereocenters. The third-order valence-electron chi connectivity index (χ3n) is 5.85. The molecule has 2 amide bonds. The molecule has 2 atom stereocenters. The van der Waals surface area contributed by atoms with Gasteiger partial charge >= 0.3 is 0 Å². The van der Waals surface area contributed by atoms with Crippen LogP contribution in [0.1, 0.15) is 41.6 Å². The third kappa shape index (κ3) is 4.84. The Morgan fingerprint density at radius 1 is 1.16 bits per heavy atom. The molecule has 2 heterocycles. The first-order valence-electron chi connectivity index (χ1n) is 10.7. The SMILES string of the molecule is Cc1cnc(Nc2cccc(C(=O)N3CCCC3)c2)nc1N[C@@H]1CC=CC[C@@H]1C(N)=O. The van der Waals surface area contributed by atoms with Crippen LogP contribution in [0.3, 0.4) is 0 Å². The van der Waals surface area contributed by atoms with Crippen molar-refractivity contribution in [1.82, 2.24) is 14.9 Å². The van der Waals surface area contributed by atoms with E-state index in [0.29, 0.717) is 30.2 Å². The Morgan fingerprint density at radius 3 is 2.71 bits per heavy atom. The number of aromatic nitrogens is 2. The van der Waals surface area contributed by atoms with Crippen LogP contribution in [0.15, 0.2) is 42.6 Å². The molecule has 1 aliphatic heterocycles. The number of amides is 2. The van der Waals surface area contributed by atoms with Crippen molar-refractivity contribution in [2.45, 2.75) is 38.6 Å². The van der Waals surface area contributed by atoms with E-state index in [9.17, 15) is 9.59 Å². The van der Waals surface area contributed by atoms with Gasteiger partial charge in [-0.25, -0.2) is 4.98 Å². The van der Waals surface area contributed by atoms with Crippen LogP contribution in [-0.2, 0) is 4.79 Å². The zero-order valence-electron chi connectivity index (χ0n) is 17.7. The summed E-state index contributed by atoms with van der Waals surface area (Å²) in [5.41, 5.74) is 7.85. The Morgan fingerprint density at radius 2 is 1.94 bits per heavy atom. The fourth-order valence-electron chi connectivity index (χ4n) is 4.07. The van der Waals surface area contributed by atoms with E-state index < -0.39 is 0 Å². The van der Waals surface area contributed by atoms with Gasteiger partial charge in [0, 0.05) is 42.1 Å².